The van der Waals surface area contributed by atoms with Gasteiger partial charge in [-0.05, 0) is 71.6 Å². The molecule has 2 rings (SSSR count). The van der Waals surface area contributed by atoms with Gasteiger partial charge in [0.2, 0.25) is 0 Å². The summed E-state index contributed by atoms with van der Waals surface area (Å²) < 4.78 is 0. The van der Waals surface area contributed by atoms with Crippen molar-refractivity contribution in [1.29, 1.82) is 0 Å². The number of nitrogens with zero attached hydrogens (tertiary/aromatic N) is 2. The van der Waals surface area contributed by atoms with Crippen LogP contribution in [-0.4, -0.2) is 55.6 Å². The van der Waals surface area contributed by atoms with Gasteiger partial charge in [0.25, 0.3) is 0 Å². The highest BCUT2D eigenvalue weighted by atomic mass is 15.2. The topological polar surface area (TPSA) is 32.5 Å². The van der Waals surface area contributed by atoms with E-state index in [2.05, 4.69) is 37.9 Å². The van der Waals surface area contributed by atoms with E-state index in [-0.39, 0.29) is 0 Å². The first-order valence-corrected chi connectivity index (χ1v) is 9.10. The Morgan fingerprint density at radius 2 is 1.86 bits per heavy atom. The van der Waals surface area contributed by atoms with Crippen LogP contribution < -0.4 is 5.73 Å². The molecule has 0 aromatic carbocycles. The van der Waals surface area contributed by atoms with Gasteiger partial charge in [0.1, 0.15) is 0 Å². The van der Waals surface area contributed by atoms with Gasteiger partial charge < -0.3 is 15.5 Å². The molecule has 2 saturated carbocycles. The third kappa shape index (κ3) is 3.80. The van der Waals surface area contributed by atoms with Gasteiger partial charge in [0, 0.05) is 18.1 Å². The Morgan fingerprint density at radius 1 is 1.14 bits per heavy atom. The van der Waals surface area contributed by atoms with E-state index in [0.29, 0.717) is 17.5 Å². The Hall–Kier alpha value is -0.120. The summed E-state index contributed by atoms with van der Waals surface area (Å²) in [6.45, 7) is 4.41. The van der Waals surface area contributed by atoms with Crippen LogP contribution in [0.3, 0.4) is 0 Å². The van der Waals surface area contributed by atoms with Crippen LogP contribution in [0.15, 0.2) is 0 Å². The SMILES string of the molecule is CCCC1CCC(CN)C(N(C)CC2(N(C)C)CCC2)C1. The molecule has 2 aliphatic carbocycles. The minimum absolute atomic E-state index is 0.436. The Bertz CT molecular complexity index is 312. The maximum absolute atomic E-state index is 6.08. The summed E-state index contributed by atoms with van der Waals surface area (Å²) in [6.07, 6.45) is 11.0. The average Bonchev–Trinajstić information content (AvgIpc) is 2.42. The predicted molar refractivity (Wildman–Crippen MR) is 91.5 cm³/mol. The van der Waals surface area contributed by atoms with Crippen molar-refractivity contribution in [3.05, 3.63) is 0 Å². The van der Waals surface area contributed by atoms with Crippen LogP contribution in [0.1, 0.15) is 58.3 Å². The van der Waals surface area contributed by atoms with E-state index in [0.717, 1.165) is 12.5 Å². The van der Waals surface area contributed by atoms with Crippen molar-refractivity contribution in [1.82, 2.24) is 9.80 Å². The van der Waals surface area contributed by atoms with Gasteiger partial charge in [-0.3, -0.25) is 0 Å². The minimum atomic E-state index is 0.436. The monoisotopic (exact) mass is 295 g/mol. The Balaban J connectivity index is 1.98. The van der Waals surface area contributed by atoms with Crippen LogP contribution in [0, 0.1) is 11.8 Å². The molecule has 3 unspecified atom stereocenters. The van der Waals surface area contributed by atoms with Gasteiger partial charge in [0.15, 0.2) is 0 Å². The highest BCUT2D eigenvalue weighted by molar-refractivity contribution is 4.99. The molecular formula is C18H37N3. The molecule has 0 radical (unpaired) electrons. The first-order valence-electron chi connectivity index (χ1n) is 9.10. The molecule has 0 heterocycles. The first-order chi connectivity index (χ1) is 10.0. The molecule has 2 fully saturated rings. The lowest BCUT2D eigenvalue weighted by Crippen LogP contribution is -2.59. The van der Waals surface area contributed by atoms with Gasteiger partial charge in [-0.25, -0.2) is 0 Å². The molecule has 0 amide bonds. The van der Waals surface area contributed by atoms with Crippen molar-refractivity contribution in [2.24, 2.45) is 17.6 Å². The largest absolute Gasteiger partial charge is 0.330 e. The molecular weight excluding hydrogens is 258 g/mol. The smallest absolute Gasteiger partial charge is 0.0330 e. The lowest BCUT2D eigenvalue weighted by atomic mass is 9.73. The third-order valence-electron chi connectivity index (χ3n) is 6.41. The van der Waals surface area contributed by atoms with E-state index in [4.69, 9.17) is 5.73 Å². The van der Waals surface area contributed by atoms with E-state index in [1.807, 2.05) is 0 Å². The second-order valence-electron chi connectivity index (χ2n) is 7.92. The van der Waals surface area contributed by atoms with Crippen LogP contribution in [0.2, 0.25) is 0 Å². The number of hydrogen-bond donors (Lipinski definition) is 1. The fourth-order valence-electron chi connectivity index (χ4n) is 4.69. The molecule has 124 valence electrons. The molecule has 0 bridgehead atoms. The van der Waals surface area contributed by atoms with Gasteiger partial charge in [0.05, 0.1) is 0 Å². The molecule has 0 aromatic heterocycles. The van der Waals surface area contributed by atoms with Crippen molar-refractivity contribution in [3.8, 4) is 0 Å². The molecule has 0 aromatic rings. The Kier molecular flexibility index (Phi) is 6.10. The molecule has 3 atom stereocenters. The number of hydrogen-bond acceptors (Lipinski definition) is 3. The van der Waals surface area contributed by atoms with Crippen molar-refractivity contribution >= 4 is 0 Å². The lowest BCUT2D eigenvalue weighted by molar-refractivity contribution is -0.00450. The maximum atomic E-state index is 6.08. The normalized spacial score (nSPS) is 32.4. The van der Waals surface area contributed by atoms with Gasteiger partial charge in [-0.1, -0.05) is 26.2 Å². The summed E-state index contributed by atoms with van der Waals surface area (Å²) in [5, 5.41) is 0. The van der Waals surface area contributed by atoms with Crippen molar-refractivity contribution < 1.29 is 0 Å². The maximum Gasteiger partial charge on any atom is 0.0330 e. The van der Waals surface area contributed by atoms with Crippen LogP contribution >= 0.6 is 0 Å². The number of rotatable bonds is 7. The first kappa shape index (κ1) is 17.2. The molecule has 21 heavy (non-hydrogen) atoms. The summed E-state index contributed by atoms with van der Waals surface area (Å²) in [5.41, 5.74) is 6.52. The zero-order valence-corrected chi connectivity index (χ0v) is 14.8. The average molecular weight is 296 g/mol. The molecule has 2 aliphatic rings. The van der Waals surface area contributed by atoms with E-state index in [1.54, 1.807) is 0 Å². The van der Waals surface area contributed by atoms with Crippen molar-refractivity contribution in [3.63, 3.8) is 0 Å². The highest BCUT2D eigenvalue weighted by Gasteiger charge is 2.42. The standard InChI is InChI=1S/C18H37N3/c1-5-7-15-8-9-16(13-19)17(12-15)21(4)14-18(20(2)3)10-6-11-18/h15-17H,5-14,19H2,1-4H3. The fourth-order valence-corrected chi connectivity index (χ4v) is 4.69. The molecule has 3 nitrogen and oxygen atoms in total. The van der Waals surface area contributed by atoms with Crippen LogP contribution in [0.5, 0.6) is 0 Å². The van der Waals surface area contributed by atoms with Crippen molar-refractivity contribution in [2.75, 3.05) is 34.2 Å². The van der Waals surface area contributed by atoms with Gasteiger partial charge in [-0.2, -0.15) is 0 Å². The third-order valence-corrected chi connectivity index (χ3v) is 6.41. The van der Waals surface area contributed by atoms with Crippen LogP contribution in [-0.2, 0) is 0 Å². The molecule has 3 heteroatoms. The van der Waals surface area contributed by atoms with E-state index in [1.165, 1.54) is 57.9 Å². The molecule has 0 saturated heterocycles. The zero-order valence-electron chi connectivity index (χ0n) is 14.8. The van der Waals surface area contributed by atoms with Crippen LogP contribution in [0.25, 0.3) is 0 Å². The highest BCUT2D eigenvalue weighted by Crippen LogP contribution is 2.39. The lowest BCUT2D eigenvalue weighted by Gasteiger charge is -2.52. The fraction of sp³-hybridized carbons (Fsp3) is 1.00. The zero-order chi connectivity index (χ0) is 15.5. The van der Waals surface area contributed by atoms with E-state index in [9.17, 15) is 0 Å². The van der Waals surface area contributed by atoms with Crippen molar-refractivity contribution in [2.45, 2.75) is 69.9 Å². The quantitative estimate of drug-likeness (QED) is 0.784. The second-order valence-corrected chi connectivity index (χ2v) is 7.92. The minimum Gasteiger partial charge on any atom is -0.330 e. The summed E-state index contributed by atoms with van der Waals surface area (Å²) in [6, 6.07) is 0.706. The number of likely N-dealkylation sites (N-methyl/N-ethyl adjacent to an activating group) is 2. The molecule has 0 aliphatic heterocycles. The van der Waals surface area contributed by atoms with Crippen LogP contribution in [0.4, 0.5) is 0 Å². The Labute approximate surface area is 132 Å². The predicted octanol–water partition coefficient (Wildman–Crippen LogP) is 2.95. The van der Waals surface area contributed by atoms with E-state index >= 15 is 0 Å². The molecule has 2 N–H and O–H groups in total. The Morgan fingerprint density at radius 3 is 2.33 bits per heavy atom. The second kappa shape index (κ2) is 7.43. The molecule has 0 spiro atoms. The summed E-state index contributed by atoms with van der Waals surface area (Å²) in [4.78, 5) is 5.13. The summed E-state index contributed by atoms with van der Waals surface area (Å²) in [5.74, 6) is 1.64. The summed E-state index contributed by atoms with van der Waals surface area (Å²) >= 11 is 0. The number of nitrogens with two attached hydrogens (primary N) is 1. The van der Waals surface area contributed by atoms with E-state index < -0.39 is 0 Å². The van der Waals surface area contributed by atoms with Gasteiger partial charge >= 0.3 is 0 Å². The summed E-state index contributed by atoms with van der Waals surface area (Å²) in [7, 11) is 6.87. The van der Waals surface area contributed by atoms with Gasteiger partial charge in [-0.15, -0.1) is 0 Å².